The van der Waals surface area contributed by atoms with Crippen LogP contribution < -0.4 is 17.2 Å². The van der Waals surface area contributed by atoms with E-state index in [1.807, 2.05) is 20.1 Å². The second-order valence-electron chi connectivity index (χ2n) is 6.18. The molecule has 11 nitrogen and oxygen atoms in total. The molecule has 10 N–H and O–H groups in total. The quantitative estimate of drug-likeness (QED) is 0.228. The topological polar surface area (TPSA) is 227 Å². The van der Waals surface area contributed by atoms with E-state index in [1.54, 1.807) is 11.8 Å². The smallest absolute Gasteiger partial charge is 0.320 e. The van der Waals surface area contributed by atoms with Crippen molar-refractivity contribution in [3.8, 4) is 0 Å². The van der Waals surface area contributed by atoms with Crippen LogP contribution in [0.5, 0.6) is 0 Å². The Hall–Kier alpha value is -1.89. The molecule has 0 heterocycles. The zero-order chi connectivity index (χ0) is 22.9. The Bertz CT molecular complexity index is 477. The van der Waals surface area contributed by atoms with Gasteiger partial charge in [-0.3, -0.25) is 19.2 Å². The molecule has 0 aliphatic heterocycles. The Kier molecular flexibility index (Phi) is 20.3. The van der Waals surface area contributed by atoms with Gasteiger partial charge in [-0.25, -0.2) is 0 Å². The van der Waals surface area contributed by atoms with Crippen molar-refractivity contribution in [1.82, 2.24) is 0 Å². The Morgan fingerprint density at radius 3 is 1.43 bits per heavy atom. The fourth-order valence-electron chi connectivity index (χ4n) is 1.38. The number of carbonyl (C=O) groups is 4. The first-order valence-electron chi connectivity index (χ1n) is 8.42. The maximum Gasteiger partial charge on any atom is 0.320 e. The number of nitrogens with two attached hydrogens (primary N) is 3. The van der Waals surface area contributed by atoms with Gasteiger partial charge in [-0.2, -0.15) is 11.8 Å². The SMILES string of the molecule is CC(C)C[C@H](N)C(=O)O.CSCC[C@H](N)C(=O)O.N[C@@H](CCC(=O)O)C(=O)O. The molecule has 12 heteroatoms. The first-order chi connectivity index (χ1) is 12.8. The van der Waals surface area contributed by atoms with E-state index in [0.717, 1.165) is 5.75 Å². The summed E-state index contributed by atoms with van der Waals surface area (Å²) in [5.74, 6) is -2.85. The molecule has 0 radical (unpaired) electrons. The standard InChI is InChI=1S/C6H13NO2.C5H9NO4.C5H11NO2S/c1-4(2)3-5(7)6(8)9;6-3(5(9)10)1-2-4(7)8;1-9-3-2-4(6)5(7)8/h4-5H,3,7H2,1-2H3,(H,8,9);3H,1-2,6H2,(H,7,8)(H,9,10);4H,2-3,6H2,1H3,(H,7,8)/t5-;3-;4-/m000/s1. The summed E-state index contributed by atoms with van der Waals surface area (Å²) in [6.07, 6.45) is 2.80. The van der Waals surface area contributed by atoms with Gasteiger partial charge in [-0.15, -0.1) is 0 Å². The van der Waals surface area contributed by atoms with Gasteiger partial charge in [-0.1, -0.05) is 13.8 Å². The van der Waals surface area contributed by atoms with E-state index in [-0.39, 0.29) is 12.8 Å². The first-order valence-corrected chi connectivity index (χ1v) is 9.81. The van der Waals surface area contributed by atoms with Gasteiger partial charge < -0.3 is 37.6 Å². The predicted molar refractivity (Wildman–Crippen MR) is 106 cm³/mol. The van der Waals surface area contributed by atoms with Gasteiger partial charge in [0.2, 0.25) is 0 Å². The van der Waals surface area contributed by atoms with Crippen LogP contribution >= 0.6 is 11.8 Å². The highest BCUT2D eigenvalue weighted by Crippen LogP contribution is 2.01. The lowest BCUT2D eigenvalue weighted by Gasteiger charge is -2.07. The predicted octanol–water partition coefficient (Wildman–Crippen LogP) is -0.141. The maximum atomic E-state index is 10.1. The van der Waals surface area contributed by atoms with Crippen molar-refractivity contribution in [2.45, 2.75) is 57.7 Å². The molecule has 0 saturated heterocycles. The van der Waals surface area contributed by atoms with Crippen molar-refractivity contribution in [3.63, 3.8) is 0 Å². The summed E-state index contributed by atoms with van der Waals surface area (Å²) in [4.78, 5) is 40.1. The van der Waals surface area contributed by atoms with E-state index >= 15 is 0 Å². The Morgan fingerprint density at radius 2 is 1.18 bits per heavy atom. The third-order valence-corrected chi connectivity index (χ3v) is 3.62. The third kappa shape index (κ3) is 24.1. The lowest BCUT2D eigenvalue weighted by atomic mass is 10.1. The fraction of sp³-hybridized carbons (Fsp3) is 0.750. The Labute approximate surface area is 168 Å². The van der Waals surface area contributed by atoms with Crippen LogP contribution in [0.25, 0.3) is 0 Å². The van der Waals surface area contributed by atoms with Crippen LogP contribution in [0.15, 0.2) is 0 Å². The largest absolute Gasteiger partial charge is 0.481 e. The van der Waals surface area contributed by atoms with Crippen molar-refractivity contribution < 1.29 is 39.6 Å². The Balaban J connectivity index is -0.000000336. The van der Waals surface area contributed by atoms with Crippen LogP contribution in [0, 0.1) is 5.92 Å². The number of thioether (sulfide) groups is 1. The first kappa shape index (κ1) is 30.8. The number of hydrogen-bond acceptors (Lipinski definition) is 8. The van der Waals surface area contributed by atoms with Crippen molar-refractivity contribution in [2.24, 2.45) is 23.1 Å². The average molecular weight is 428 g/mol. The normalized spacial score (nSPS) is 13.1. The summed E-state index contributed by atoms with van der Waals surface area (Å²) >= 11 is 1.60. The van der Waals surface area contributed by atoms with E-state index in [9.17, 15) is 19.2 Å². The number of hydrogen-bond donors (Lipinski definition) is 7. The molecule has 28 heavy (non-hydrogen) atoms. The van der Waals surface area contributed by atoms with E-state index in [4.69, 9.17) is 37.6 Å². The zero-order valence-electron chi connectivity index (χ0n) is 16.4. The second kappa shape index (κ2) is 18.5. The molecular formula is C16H33N3O8S. The molecule has 0 spiro atoms. The minimum Gasteiger partial charge on any atom is -0.481 e. The third-order valence-electron chi connectivity index (χ3n) is 2.98. The molecule has 0 aromatic heterocycles. The van der Waals surface area contributed by atoms with Crippen LogP contribution in [0.1, 0.15) is 39.5 Å². The highest BCUT2D eigenvalue weighted by molar-refractivity contribution is 7.98. The number of carboxylic acid groups (broad SMARTS) is 4. The van der Waals surface area contributed by atoms with Crippen molar-refractivity contribution in [3.05, 3.63) is 0 Å². The van der Waals surface area contributed by atoms with E-state index in [0.29, 0.717) is 18.8 Å². The molecule has 0 rings (SSSR count). The van der Waals surface area contributed by atoms with E-state index in [1.165, 1.54) is 0 Å². The molecule has 0 fully saturated rings. The summed E-state index contributed by atoms with van der Waals surface area (Å²) < 4.78 is 0. The molecule has 0 saturated carbocycles. The van der Waals surface area contributed by atoms with Gasteiger partial charge in [0.15, 0.2) is 0 Å². The van der Waals surface area contributed by atoms with E-state index in [2.05, 4.69) is 0 Å². The van der Waals surface area contributed by atoms with Gasteiger partial charge in [0.25, 0.3) is 0 Å². The van der Waals surface area contributed by atoms with Crippen LogP contribution in [-0.2, 0) is 19.2 Å². The summed E-state index contributed by atoms with van der Waals surface area (Å²) in [7, 11) is 0. The van der Waals surface area contributed by atoms with Crippen LogP contribution in [0.2, 0.25) is 0 Å². The van der Waals surface area contributed by atoms with Crippen molar-refractivity contribution in [1.29, 1.82) is 0 Å². The lowest BCUT2D eigenvalue weighted by molar-refractivity contribution is -0.141. The molecule has 0 unspecified atom stereocenters. The van der Waals surface area contributed by atoms with Crippen molar-refractivity contribution >= 4 is 35.6 Å². The maximum absolute atomic E-state index is 10.1. The highest BCUT2D eigenvalue weighted by Gasteiger charge is 2.12. The number of aliphatic carboxylic acids is 4. The summed E-state index contributed by atoms with van der Waals surface area (Å²) in [6.45, 7) is 3.89. The molecule has 0 aromatic carbocycles. The van der Waals surface area contributed by atoms with Crippen LogP contribution in [0.3, 0.4) is 0 Å². The number of rotatable bonds is 11. The zero-order valence-corrected chi connectivity index (χ0v) is 17.2. The minimum atomic E-state index is -1.17. The van der Waals surface area contributed by atoms with Gasteiger partial charge >= 0.3 is 23.9 Å². The van der Waals surface area contributed by atoms with Gasteiger partial charge in [0.1, 0.15) is 18.1 Å². The minimum absolute atomic E-state index is 0.0231. The van der Waals surface area contributed by atoms with Crippen molar-refractivity contribution in [2.75, 3.05) is 12.0 Å². The van der Waals surface area contributed by atoms with Crippen LogP contribution in [0.4, 0.5) is 0 Å². The number of carboxylic acids is 4. The fourth-order valence-corrected chi connectivity index (χ4v) is 1.87. The Morgan fingerprint density at radius 1 is 0.786 bits per heavy atom. The van der Waals surface area contributed by atoms with Crippen LogP contribution in [-0.4, -0.2) is 74.4 Å². The summed E-state index contributed by atoms with van der Waals surface area (Å²) in [5.41, 5.74) is 15.4. The average Bonchev–Trinajstić information content (AvgIpc) is 2.57. The van der Waals surface area contributed by atoms with Gasteiger partial charge in [-0.05, 0) is 37.2 Å². The van der Waals surface area contributed by atoms with E-state index < -0.39 is 42.0 Å². The van der Waals surface area contributed by atoms with Gasteiger partial charge in [0, 0.05) is 6.42 Å². The second-order valence-corrected chi connectivity index (χ2v) is 7.16. The molecule has 0 amide bonds. The highest BCUT2D eigenvalue weighted by atomic mass is 32.2. The molecule has 3 atom stereocenters. The molecule has 0 aliphatic rings. The summed E-state index contributed by atoms with van der Waals surface area (Å²) in [6, 6.07) is -2.43. The lowest BCUT2D eigenvalue weighted by Crippen LogP contribution is -2.31. The molecule has 0 aromatic rings. The summed E-state index contributed by atoms with van der Waals surface area (Å²) in [5, 5.41) is 32.9. The molecule has 0 bridgehead atoms. The molecular weight excluding hydrogens is 394 g/mol. The van der Waals surface area contributed by atoms with Gasteiger partial charge in [0.05, 0.1) is 0 Å². The monoisotopic (exact) mass is 427 g/mol. The molecule has 0 aliphatic carbocycles. The molecule has 166 valence electrons.